The van der Waals surface area contributed by atoms with Gasteiger partial charge in [0.2, 0.25) is 5.91 Å². The fraction of sp³-hybridized carbons (Fsp3) is 0.286. The van der Waals surface area contributed by atoms with E-state index in [0.29, 0.717) is 19.6 Å². The Morgan fingerprint density at radius 2 is 1.73 bits per heavy atom. The molecule has 0 spiro atoms. The molecule has 1 atom stereocenters. The second-order valence-corrected chi connectivity index (χ2v) is 8.55. The maximum Gasteiger partial charge on any atom is 0.227 e. The minimum Gasteiger partial charge on any atom is -0.494 e. The highest BCUT2D eigenvalue weighted by Gasteiger charge is 2.34. The molecule has 5 rings (SSSR count). The zero-order valence-electron chi connectivity index (χ0n) is 19.0. The van der Waals surface area contributed by atoms with E-state index in [1.54, 1.807) is 0 Å². The summed E-state index contributed by atoms with van der Waals surface area (Å²) in [6, 6.07) is 26.4. The lowest BCUT2D eigenvalue weighted by molar-refractivity contribution is -0.117. The first kappa shape index (κ1) is 21.3. The van der Waals surface area contributed by atoms with Gasteiger partial charge in [-0.3, -0.25) is 4.79 Å². The Labute approximate surface area is 194 Å². The summed E-state index contributed by atoms with van der Waals surface area (Å²) in [4.78, 5) is 19.7. The van der Waals surface area contributed by atoms with Gasteiger partial charge in [0.05, 0.1) is 17.6 Å². The van der Waals surface area contributed by atoms with Crippen LogP contribution in [-0.2, 0) is 17.8 Å². The lowest BCUT2D eigenvalue weighted by Crippen LogP contribution is -2.24. The average Bonchev–Trinajstić information content (AvgIpc) is 3.43. The van der Waals surface area contributed by atoms with Crippen molar-refractivity contribution in [2.24, 2.45) is 0 Å². The number of hydrogen-bond donors (Lipinski definition) is 0. The van der Waals surface area contributed by atoms with Gasteiger partial charge < -0.3 is 14.2 Å². The molecule has 1 aliphatic heterocycles. The SMILES string of the molecule is CCc1ccc(OCCCn2c(C3CC(=O)N(c4ccccc4)C3)nc3ccccc32)cc1. The molecule has 1 unspecified atom stereocenters. The summed E-state index contributed by atoms with van der Waals surface area (Å²) in [6.45, 7) is 4.25. The molecule has 168 valence electrons. The van der Waals surface area contributed by atoms with E-state index in [1.165, 1.54) is 5.56 Å². The maximum atomic E-state index is 12.8. The first-order valence-corrected chi connectivity index (χ1v) is 11.7. The van der Waals surface area contributed by atoms with Crippen LogP contribution in [-0.4, -0.2) is 28.6 Å². The highest BCUT2D eigenvalue weighted by Crippen LogP contribution is 2.33. The summed E-state index contributed by atoms with van der Waals surface area (Å²) in [5.74, 6) is 2.13. The number of rotatable bonds is 8. The van der Waals surface area contributed by atoms with Crippen LogP contribution < -0.4 is 9.64 Å². The van der Waals surface area contributed by atoms with Crippen LogP contribution in [0, 0.1) is 0 Å². The molecule has 1 amide bonds. The number of amides is 1. The third kappa shape index (κ3) is 4.49. The minimum absolute atomic E-state index is 0.0765. The number of anilines is 1. The highest BCUT2D eigenvalue weighted by atomic mass is 16.5. The molecule has 1 fully saturated rings. The summed E-state index contributed by atoms with van der Waals surface area (Å²) < 4.78 is 8.26. The Kier molecular flexibility index (Phi) is 6.11. The van der Waals surface area contributed by atoms with Crippen LogP contribution in [0.3, 0.4) is 0 Å². The van der Waals surface area contributed by atoms with Gasteiger partial charge >= 0.3 is 0 Å². The minimum atomic E-state index is 0.0765. The summed E-state index contributed by atoms with van der Waals surface area (Å²) in [6.07, 6.45) is 2.38. The summed E-state index contributed by atoms with van der Waals surface area (Å²) >= 11 is 0. The van der Waals surface area contributed by atoms with Crippen molar-refractivity contribution in [3.05, 3.63) is 90.3 Å². The van der Waals surface area contributed by atoms with Crippen LogP contribution in [0.2, 0.25) is 0 Å². The molecule has 0 aliphatic carbocycles. The zero-order valence-corrected chi connectivity index (χ0v) is 19.0. The molecule has 0 bridgehead atoms. The fourth-order valence-corrected chi connectivity index (χ4v) is 4.61. The summed E-state index contributed by atoms with van der Waals surface area (Å²) in [7, 11) is 0. The Balaban J connectivity index is 1.32. The number of aromatic nitrogens is 2. The number of carbonyl (C=O) groups excluding carboxylic acids is 1. The van der Waals surface area contributed by atoms with E-state index in [1.807, 2.05) is 65.6 Å². The summed E-state index contributed by atoms with van der Waals surface area (Å²) in [5, 5.41) is 0. The van der Waals surface area contributed by atoms with Gasteiger partial charge in [-0.25, -0.2) is 4.98 Å². The number of carbonyl (C=O) groups is 1. The van der Waals surface area contributed by atoms with Crippen molar-refractivity contribution in [1.82, 2.24) is 9.55 Å². The van der Waals surface area contributed by atoms with Crippen LogP contribution in [0.5, 0.6) is 5.75 Å². The number of imidazole rings is 1. The van der Waals surface area contributed by atoms with E-state index in [0.717, 1.165) is 47.7 Å². The molecular weight excluding hydrogens is 410 g/mol. The number of benzene rings is 3. The number of nitrogens with zero attached hydrogens (tertiary/aromatic N) is 3. The second-order valence-electron chi connectivity index (χ2n) is 8.55. The third-order valence-electron chi connectivity index (χ3n) is 6.37. The van der Waals surface area contributed by atoms with Gasteiger partial charge in [-0.2, -0.15) is 0 Å². The second kappa shape index (κ2) is 9.49. The Morgan fingerprint density at radius 3 is 2.52 bits per heavy atom. The molecule has 1 aliphatic rings. The topological polar surface area (TPSA) is 47.4 Å². The van der Waals surface area contributed by atoms with Crippen molar-refractivity contribution in [2.75, 3.05) is 18.1 Å². The van der Waals surface area contributed by atoms with E-state index in [-0.39, 0.29) is 11.8 Å². The van der Waals surface area contributed by atoms with Crippen molar-refractivity contribution in [1.29, 1.82) is 0 Å². The average molecular weight is 440 g/mol. The van der Waals surface area contributed by atoms with Gasteiger partial charge in [-0.15, -0.1) is 0 Å². The Hall–Kier alpha value is -3.60. The lowest BCUT2D eigenvalue weighted by Gasteiger charge is -2.17. The standard InChI is InChI=1S/C28H29N3O2/c1-2-21-13-15-24(16-14-21)33-18-8-17-30-26-12-7-6-11-25(26)29-28(30)22-19-27(32)31(20-22)23-9-4-3-5-10-23/h3-7,9-16,22H,2,8,17-20H2,1H3. The van der Waals surface area contributed by atoms with Crippen LogP contribution in [0.1, 0.15) is 37.1 Å². The molecule has 0 saturated carbocycles. The van der Waals surface area contributed by atoms with Gasteiger partial charge in [-0.05, 0) is 54.8 Å². The summed E-state index contributed by atoms with van der Waals surface area (Å²) in [5.41, 5.74) is 4.36. The van der Waals surface area contributed by atoms with Gasteiger partial charge in [0.15, 0.2) is 0 Å². The fourth-order valence-electron chi connectivity index (χ4n) is 4.61. The van der Waals surface area contributed by atoms with Crippen molar-refractivity contribution < 1.29 is 9.53 Å². The number of para-hydroxylation sites is 3. The number of ether oxygens (including phenoxy) is 1. The number of aryl methyl sites for hydroxylation is 2. The zero-order chi connectivity index (χ0) is 22.6. The molecule has 4 aromatic rings. The van der Waals surface area contributed by atoms with E-state index in [4.69, 9.17) is 9.72 Å². The normalized spacial score (nSPS) is 16.0. The van der Waals surface area contributed by atoms with Crippen molar-refractivity contribution in [3.8, 4) is 5.75 Å². The monoisotopic (exact) mass is 439 g/mol. The van der Waals surface area contributed by atoms with E-state index in [9.17, 15) is 4.79 Å². The first-order chi connectivity index (χ1) is 16.2. The largest absolute Gasteiger partial charge is 0.494 e. The van der Waals surface area contributed by atoms with E-state index >= 15 is 0 Å². The van der Waals surface area contributed by atoms with Gasteiger partial charge in [0.25, 0.3) is 0 Å². The molecule has 5 nitrogen and oxygen atoms in total. The first-order valence-electron chi connectivity index (χ1n) is 11.7. The molecule has 1 saturated heterocycles. The predicted molar refractivity (Wildman–Crippen MR) is 132 cm³/mol. The lowest BCUT2D eigenvalue weighted by atomic mass is 10.1. The van der Waals surface area contributed by atoms with E-state index < -0.39 is 0 Å². The molecule has 2 heterocycles. The molecular formula is C28H29N3O2. The van der Waals surface area contributed by atoms with E-state index in [2.05, 4.69) is 29.7 Å². The highest BCUT2D eigenvalue weighted by molar-refractivity contribution is 5.96. The Bertz CT molecular complexity index is 1230. The molecule has 0 radical (unpaired) electrons. The van der Waals surface area contributed by atoms with Gasteiger partial charge in [0.1, 0.15) is 11.6 Å². The van der Waals surface area contributed by atoms with Crippen LogP contribution in [0.4, 0.5) is 5.69 Å². The van der Waals surface area contributed by atoms with Crippen molar-refractivity contribution >= 4 is 22.6 Å². The predicted octanol–water partition coefficient (Wildman–Crippen LogP) is 5.59. The molecule has 5 heteroatoms. The quantitative estimate of drug-likeness (QED) is 0.336. The van der Waals surface area contributed by atoms with Gasteiger partial charge in [0, 0.05) is 31.1 Å². The smallest absolute Gasteiger partial charge is 0.227 e. The van der Waals surface area contributed by atoms with Gasteiger partial charge in [-0.1, -0.05) is 49.4 Å². The Morgan fingerprint density at radius 1 is 0.970 bits per heavy atom. The number of fused-ring (bicyclic) bond motifs is 1. The third-order valence-corrected chi connectivity index (χ3v) is 6.37. The van der Waals surface area contributed by atoms with Crippen molar-refractivity contribution in [2.45, 2.75) is 38.6 Å². The van der Waals surface area contributed by atoms with Crippen LogP contribution >= 0.6 is 0 Å². The van der Waals surface area contributed by atoms with Crippen LogP contribution in [0.15, 0.2) is 78.9 Å². The van der Waals surface area contributed by atoms with Crippen LogP contribution in [0.25, 0.3) is 11.0 Å². The molecule has 33 heavy (non-hydrogen) atoms. The maximum absolute atomic E-state index is 12.8. The molecule has 0 N–H and O–H groups in total. The van der Waals surface area contributed by atoms with Crippen molar-refractivity contribution in [3.63, 3.8) is 0 Å². The number of hydrogen-bond acceptors (Lipinski definition) is 3. The molecule has 3 aromatic carbocycles. The molecule has 1 aromatic heterocycles.